The molecular weight excluding hydrogens is 429 g/mol. The van der Waals surface area contributed by atoms with Gasteiger partial charge in [-0.3, -0.25) is 0 Å². The summed E-state index contributed by atoms with van der Waals surface area (Å²) in [6.45, 7) is 0.257. The summed E-state index contributed by atoms with van der Waals surface area (Å²) in [5.41, 5.74) is 1.02. The maximum Gasteiger partial charge on any atom is 0.416 e. The largest absolute Gasteiger partial charge is 0.473 e. The topological polar surface area (TPSA) is 59.5 Å². The van der Waals surface area contributed by atoms with Crippen molar-refractivity contribution in [3.63, 3.8) is 0 Å². The normalized spacial score (nSPS) is 17.6. The van der Waals surface area contributed by atoms with E-state index < -0.39 is 27.9 Å². The molecule has 0 amide bonds. The minimum atomic E-state index is -4.50. The zero-order chi connectivity index (χ0) is 22.1. The molecule has 0 N–H and O–H groups in total. The van der Waals surface area contributed by atoms with Gasteiger partial charge in [-0.2, -0.15) is 17.5 Å². The predicted octanol–water partition coefficient (Wildman–Crippen LogP) is 4.61. The number of halogens is 3. The number of alkyl halides is 3. The van der Waals surface area contributed by atoms with Crippen LogP contribution in [-0.4, -0.2) is 36.9 Å². The van der Waals surface area contributed by atoms with E-state index in [1.54, 1.807) is 24.3 Å². The molecule has 0 saturated carbocycles. The Bertz CT molecular complexity index is 1150. The van der Waals surface area contributed by atoms with E-state index in [9.17, 15) is 21.6 Å². The Morgan fingerprint density at radius 2 is 1.65 bits per heavy atom. The molecule has 0 aliphatic carbocycles. The molecule has 5 nitrogen and oxygen atoms in total. The van der Waals surface area contributed by atoms with Crippen LogP contribution in [0.15, 0.2) is 77.8 Å². The summed E-state index contributed by atoms with van der Waals surface area (Å²) in [6, 6.07) is 17.9. The SMILES string of the molecule is O=S(=O)(c1ccc(-c2ccccc2)cc1)N1CCC(Oc2cc(C(F)(F)F)ccn2)C1. The van der Waals surface area contributed by atoms with Crippen molar-refractivity contribution in [2.75, 3.05) is 13.1 Å². The highest BCUT2D eigenvalue weighted by molar-refractivity contribution is 7.89. The lowest BCUT2D eigenvalue weighted by molar-refractivity contribution is -0.137. The van der Waals surface area contributed by atoms with Crippen molar-refractivity contribution in [2.45, 2.75) is 23.6 Å². The highest BCUT2D eigenvalue weighted by Crippen LogP contribution is 2.31. The molecule has 1 unspecified atom stereocenters. The Labute approximate surface area is 178 Å². The lowest BCUT2D eigenvalue weighted by atomic mass is 10.1. The van der Waals surface area contributed by atoms with E-state index in [0.29, 0.717) is 6.42 Å². The van der Waals surface area contributed by atoms with Crippen LogP contribution in [0.3, 0.4) is 0 Å². The summed E-state index contributed by atoms with van der Waals surface area (Å²) in [5, 5.41) is 0. The third-order valence-electron chi connectivity index (χ3n) is 5.06. The summed E-state index contributed by atoms with van der Waals surface area (Å²) < 4.78 is 71.3. The van der Waals surface area contributed by atoms with Gasteiger partial charge in [-0.15, -0.1) is 0 Å². The number of rotatable bonds is 5. The summed E-state index contributed by atoms with van der Waals surface area (Å²) in [4.78, 5) is 3.97. The number of ether oxygens (including phenoxy) is 1. The van der Waals surface area contributed by atoms with Crippen LogP contribution in [0.25, 0.3) is 11.1 Å². The number of aromatic nitrogens is 1. The number of sulfonamides is 1. The second-order valence-electron chi connectivity index (χ2n) is 7.16. The van der Waals surface area contributed by atoms with Crippen LogP contribution in [0.5, 0.6) is 5.88 Å². The van der Waals surface area contributed by atoms with E-state index in [1.165, 1.54) is 4.31 Å². The van der Waals surface area contributed by atoms with Gasteiger partial charge in [0, 0.05) is 18.8 Å². The Hall–Kier alpha value is -2.91. The van der Waals surface area contributed by atoms with Crippen LogP contribution in [0.4, 0.5) is 13.2 Å². The Kier molecular flexibility index (Phi) is 5.72. The third kappa shape index (κ3) is 4.72. The van der Waals surface area contributed by atoms with Gasteiger partial charge in [0.25, 0.3) is 0 Å². The molecule has 9 heteroatoms. The number of hydrogen-bond acceptors (Lipinski definition) is 4. The van der Waals surface area contributed by atoms with E-state index in [-0.39, 0.29) is 23.9 Å². The van der Waals surface area contributed by atoms with Crippen LogP contribution in [0.2, 0.25) is 0 Å². The summed E-state index contributed by atoms with van der Waals surface area (Å²) >= 11 is 0. The van der Waals surface area contributed by atoms with Gasteiger partial charge in [-0.1, -0.05) is 42.5 Å². The van der Waals surface area contributed by atoms with Gasteiger partial charge in [-0.05, 0) is 35.7 Å². The molecule has 1 aliphatic heterocycles. The van der Waals surface area contributed by atoms with Gasteiger partial charge in [0.1, 0.15) is 6.10 Å². The highest BCUT2D eigenvalue weighted by Gasteiger charge is 2.35. The van der Waals surface area contributed by atoms with Crippen LogP contribution >= 0.6 is 0 Å². The Morgan fingerprint density at radius 3 is 2.32 bits per heavy atom. The molecule has 0 spiro atoms. The molecule has 1 saturated heterocycles. The quantitative estimate of drug-likeness (QED) is 0.572. The lowest BCUT2D eigenvalue weighted by Gasteiger charge is -2.17. The van der Waals surface area contributed by atoms with Gasteiger partial charge in [0.05, 0.1) is 17.0 Å². The minimum absolute atomic E-state index is 0.0424. The monoisotopic (exact) mass is 448 g/mol. The first-order valence-corrected chi connectivity index (χ1v) is 11.0. The zero-order valence-corrected chi connectivity index (χ0v) is 17.1. The first-order chi connectivity index (χ1) is 14.7. The van der Waals surface area contributed by atoms with E-state index in [1.807, 2.05) is 30.3 Å². The Balaban J connectivity index is 1.45. The molecule has 4 rings (SSSR count). The molecule has 2 heterocycles. The van der Waals surface area contributed by atoms with E-state index in [0.717, 1.165) is 29.5 Å². The lowest BCUT2D eigenvalue weighted by Crippen LogP contribution is -2.31. The minimum Gasteiger partial charge on any atom is -0.473 e. The Morgan fingerprint density at radius 1 is 0.968 bits per heavy atom. The first-order valence-electron chi connectivity index (χ1n) is 9.59. The standard InChI is InChI=1S/C22H19F3N2O3S/c23-22(24,25)18-10-12-26-21(14-18)30-19-11-13-27(15-19)31(28,29)20-8-6-17(7-9-20)16-4-2-1-3-5-16/h1-10,12,14,19H,11,13,15H2. The molecule has 0 bridgehead atoms. The fraction of sp³-hybridized carbons (Fsp3) is 0.227. The van der Waals surface area contributed by atoms with Gasteiger partial charge in [-0.25, -0.2) is 13.4 Å². The van der Waals surface area contributed by atoms with E-state index in [2.05, 4.69) is 4.98 Å². The average Bonchev–Trinajstić information content (AvgIpc) is 3.23. The highest BCUT2D eigenvalue weighted by atomic mass is 32.2. The van der Waals surface area contributed by atoms with Gasteiger partial charge >= 0.3 is 6.18 Å². The molecule has 162 valence electrons. The molecule has 1 fully saturated rings. The van der Waals surface area contributed by atoms with Gasteiger partial charge in [0.2, 0.25) is 15.9 Å². The molecule has 2 aromatic carbocycles. The number of benzene rings is 2. The van der Waals surface area contributed by atoms with E-state index in [4.69, 9.17) is 4.74 Å². The second-order valence-corrected chi connectivity index (χ2v) is 9.10. The third-order valence-corrected chi connectivity index (χ3v) is 6.94. The van der Waals surface area contributed by atoms with E-state index >= 15 is 0 Å². The number of pyridine rings is 1. The van der Waals surface area contributed by atoms with Gasteiger partial charge in [0.15, 0.2) is 0 Å². The summed E-state index contributed by atoms with van der Waals surface area (Å²) in [5.74, 6) is -0.175. The van der Waals surface area contributed by atoms with Crippen molar-refractivity contribution < 1.29 is 26.3 Å². The van der Waals surface area contributed by atoms with Crippen molar-refractivity contribution in [3.8, 4) is 17.0 Å². The number of nitrogens with zero attached hydrogens (tertiary/aromatic N) is 2. The predicted molar refractivity (Wildman–Crippen MR) is 109 cm³/mol. The molecule has 1 atom stereocenters. The molecule has 31 heavy (non-hydrogen) atoms. The molecule has 0 radical (unpaired) electrons. The van der Waals surface area contributed by atoms with Crippen LogP contribution in [0, 0.1) is 0 Å². The smallest absolute Gasteiger partial charge is 0.416 e. The van der Waals surface area contributed by atoms with Crippen LogP contribution in [0.1, 0.15) is 12.0 Å². The van der Waals surface area contributed by atoms with Gasteiger partial charge < -0.3 is 4.74 Å². The van der Waals surface area contributed by atoms with Crippen molar-refractivity contribution >= 4 is 10.0 Å². The maximum atomic E-state index is 13.0. The fourth-order valence-electron chi connectivity index (χ4n) is 3.43. The van der Waals surface area contributed by atoms with Crippen molar-refractivity contribution in [1.29, 1.82) is 0 Å². The van der Waals surface area contributed by atoms with Crippen molar-refractivity contribution in [2.24, 2.45) is 0 Å². The van der Waals surface area contributed by atoms with Crippen molar-refractivity contribution in [1.82, 2.24) is 9.29 Å². The fourth-order valence-corrected chi connectivity index (χ4v) is 4.92. The molecular formula is C22H19F3N2O3S. The first kappa shape index (κ1) is 21.3. The zero-order valence-electron chi connectivity index (χ0n) is 16.3. The average molecular weight is 448 g/mol. The number of hydrogen-bond donors (Lipinski definition) is 0. The second kappa shape index (κ2) is 8.32. The molecule has 3 aromatic rings. The molecule has 1 aliphatic rings. The van der Waals surface area contributed by atoms with Crippen LogP contribution in [-0.2, 0) is 16.2 Å². The van der Waals surface area contributed by atoms with Crippen molar-refractivity contribution in [3.05, 3.63) is 78.5 Å². The van der Waals surface area contributed by atoms with Crippen LogP contribution < -0.4 is 4.74 Å². The summed E-state index contributed by atoms with van der Waals surface area (Å²) in [6.07, 6.45) is -3.69. The molecule has 1 aromatic heterocycles. The maximum absolute atomic E-state index is 13.0. The summed E-state index contributed by atoms with van der Waals surface area (Å²) in [7, 11) is -3.74.